The number of aromatic amines is 2. The fourth-order valence-corrected chi connectivity index (χ4v) is 2.82. The van der Waals surface area contributed by atoms with Crippen LogP contribution in [0, 0.1) is 30.3 Å². The molecule has 34 heavy (non-hydrogen) atoms. The average Bonchev–Trinajstić information content (AvgIpc) is 2.77. The number of benzene rings is 2. The molecule has 15 nitrogen and oxygen atoms in total. The highest BCUT2D eigenvalue weighted by Gasteiger charge is 2.22. The van der Waals surface area contributed by atoms with Crippen molar-refractivity contribution in [3.8, 4) is 17.2 Å². The van der Waals surface area contributed by atoms with Crippen molar-refractivity contribution in [1.29, 1.82) is 0 Å². The van der Waals surface area contributed by atoms with Crippen molar-refractivity contribution in [1.82, 2.24) is 9.97 Å². The number of hydrogen-bond acceptors (Lipinski definition) is 10. The van der Waals surface area contributed by atoms with Crippen LogP contribution in [-0.2, 0) is 0 Å². The molecule has 3 aromatic rings. The predicted octanol–water partition coefficient (Wildman–Crippen LogP) is 2.76. The molecule has 0 spiro atoms. The quantitative estimate of drug-likeness (QED) is 0.362. The van der Waals surface area contributed by atoms with Gasteiger partial charge < -0.3 is 14.5 Å². The molecule has 1 aromatic heterocycles. The van der Waals surface area contributed by atoms with E-state index >= 15 is 0 Å². The standard InChI is InChI=1S/C19H13N5O10/c1-33-15-6-3-10(2-5-12-17(24(31)32)18(25)21-19(26)20-12)8-16(15)34-14-7-4-11(22(27)28)9-13(14)23(29)30/h2-9H,1H3,(H2,20,21,25,26). The lowest BCUT2D eigenvalue weighted by Crippen LogP contribution is -2.25. The summed E-state index contributed by atoms with van der Waals surface area (Å²) in [5.74, 6) is -0.166. The van der Waals surface area contributed by atoms with Gasteiger partial charge in [0.25, 0.3) is 5.69 Å². The minimum absolute atomic E-state index is 0.0181. The van der Waals surface area contributed by atoms with Crippen LogP contribution in [0.25, 0.3) is 12.2 Å². The molecule has 2 aromatic carbocycles. The molecule has 0 aliphatic rings. The smallest absolute Gasteiger partial charge is 0.357 e. The number of hydrogen-bond donors (Lipinski definition) is 2. The van der Waals surface area contributed by atoms with Gasteiger partial charge in [0.1, 0.15) is 5.69 Å². The molecule has 174 valence electrons. The van der Waals surface area contributed by atoms with Gasteiger partial charge in [0, 0.05) is 6.07 Å². The highest BCUT2D eigenvalue weighted by molar-refractivity contribution is 5.73. The second-order valence-corrected chi connectivity index (χ2v) is 6.44. The second kappa shape index (κ2) is 9.43. The summed E-state index contributed by atoms with van der Waals surface area (Å²) in [4.78, 5) is 58.0. The summed E-state index contributed by atoms with van der Waals surface area (Å²) in [5, 5.41) is 33.4. The molecule has 0 atom stereocenters. The van der Waals surface area contributed by atoms with Gasteiger partial charge in [-0.05, 0) is 29.8 Å². The van der Waals surface area contributed by atoms with E-state index < -0.39 is 43.1 Å². The Morgan fingerprint density at radius 2 is 1.53 bits per heavy atom. The number of nitrogens with zero attached hydrogens (tertiary/aromatic N) is 3. The molecule has 0 fully saturated rings. The molecule has 0 amide bonds. The van der Waals surface area contributed by atoms with Gasteiger partial charge in [-0.2, -0.15) is 0 Å². The van der Waals surface area contributed by atoms with Crippen LogP contribution in [0.5, 0.6) is 17.2 Å². The van der Waals surface area contributed by atoms with Crippen LogP contribution < -0.4 is 20.7 Å². The Kier molecular flexibility index (Phi) is 6.47. The number of H-pyrrole nitrogens is 2. The molecule has 0 saturated carbocycles. The predicted molar refractivity (Wildman–Crippen MR) is 116 cm³/mol. The van der Waals surface area contributed by atoms with Gasteiger partial charge in [-0.15, -0.1) is 0 Å². The zero-order chi connectivity index (χ0) is 25.0. The van der Waals surface area contributed by atoms with Crippen LogP contribution in [0.2, 0.25) is 0 Å². The van der Waals surface area contributed by atoms with E-state index in [0.717, 1.165) is 24.3 Å². The summed E-state index contributed by atoms with van der Waals surface area (Å²) < 4.78 is 10.7. The molecule has 0 radical (unpaired) electrons. The maximum absolute atomic E-state index is 11.7. The first-order valence-electron chi connectivity index (χ1n) is 9.08. The van der Waals surface area contributed by atoms with Gasteiger partial charge >= 0.3 is 22.6 Å². The molecule has 0 unspecified atom stereocenters. The molecule has 0 aliphatic carbocycles. The zero-order valence-corrected chi connectivity index (χ0v) is 17.0. The summed E-state index contributed by atoms with van der Waals surface area (Å²) in [5.41, 5.74) is -4.18. The summed E-state index contributed by atoms with van der Waals surface area (Å²) in [7, 11) is 1.31. The Bertz CT molecular complexity index is 1460. The first kappa shape index (κ1) is 23.3. The topological polar surface area (TPSA) is 214 Å². The lowest BCUT2D eigenvalue weighted by Gasteiger charge is -2.11. The fourth-order valence-electron chi connectivity index (χ4n) is 2.82. The van der Waals surface area contributed by atoms with Crippen molar-refractivity contribution in [2.24, 2.45) is 0 Å². The Morgan fingerprint density at radius 1 is 0.824 bits per heavy atom. The van der Waals surface area contributed by atoms with E-state index in [0.29, 0.717) is 5.56 Å². The molecular weight excluding hydrogens is 458 g/mol. The highest BCUT2D eigenvalue weighted by Crippen LogP contribution is 2.38. The van der Waals surface area contributed by atoms with Gasteiger partial charge in [0.15, 0.2) is 11.5 Å². The summed E-state index contributed by atoms with van der Waals surface area (Å²) >= 11 is 0. The molecule has 0 aliphatic heterocycles. The maximum atomic E-state index is 11.7. The Morgan fingerprint density at radius 3 is 2.15 bits per heavy atom. The van der Waals surface area contributed by atoms with Crippen molar-refractivity contribution in [3.05, 3.63) is 98.8 Å². The van der Waals surface area contributed by atoms with Gasteiger partial charge in [-0.25, -0.2) is 4.79 Å². The number of aromatic nitrogens is 2. The molecule has 0 saturated heterocycles. The monoisotopic (exact) mass is 471 g/mol. The van der Waals surface area contributed by atoms with E-state index in [-0.39, 0.29) is 22.9 Å². The van der Waals surface area contributed by atoms with Crippen molar-refractivity contribution in [3.63, 3.8) is 0 Å². The van der Waals surface area contributed by atoms with E-state index in [1.54, 1.807) is 4.98 Å². The van der Waals surface area contributed by atoms with E-state index in [2.05, 4.69) is 4.98 Å². The fraction of sp³-hybridized carbons (Fsp3) is 0.0526. The SMILES string of the molecule is COc1ccc(C=Cc2[nH]c(=O)[nH]c(=O)c2[N+](=O)[O-])cc1Oc1ccc([N+](=O)[O-])cc1[N+](=O)[O-]. The van der Waals surface area contributed by atoms with E-state index in [4.69, 9.17) is 9.47 Å². The zero-order valence-electron chi connectivity index (χ0n) is 17.0. The van der Waals surface area contributed by atoms with E-state index in [1.165, 1.54) is 31.4 Å². The van der Waals surface area contributed by atoms with Gasteiger partial charge in [0.05, 0.1) is 27.9 Å². The van der Waals surface area contributed by atoms with Crippen molar-refractivity contribution in [2.75, 3.05) is 7.11 Å². The lowest BCUT2D eigenvalue weighted by atomic mass is 10.1. The van der Waals surface area contributed by atoms with Crippen molar-refractivity contribution >= 4 is 29.2 Å². The normalized spacial score (nSPS) is 10.7. The number of non-ortho nitro benzene ring substituents is 1. The highest BCUT2D eigenvalue weighted by atomic mass is 16.6. The molecular formula is C19H13N5O10. The first-order chi connectivity index (χ1) is 16.1. The van der Waals surface area contributed by atoms with Gasteiger partial charge in [-0.1, -0.05) is 12.1 Å². The average molecular weight is 471 g/mol. The Hall–Kier alpha value is -5.34. The van der Waals surface area contributed by atoms with Crippen LogP contribution in [0.4, 0.5) is 17.1 Å². The lowest BCUT2D eigenvalue weighted by molar-refractivity contribution is -0.394. The molecule has 0 bridgehead atoms. The second-order valence-electron chi connectivity index (χ2n) is 6.44. The van der Waals surface area contributed by atoms with Crippen LogP contribution in [0.15, 0.2) is 46.0 Å². The molecule has 2 N–H and O–H groups in total. The summed E-state index contributed by atoms with van der Waals surface area (Å²) in [6, 6.07) is 7.12. The third-order valence-electron chi connectivity index (χ3n) is 4.33. The van der Waals surface area contributed by atoms with Crippen LogP contribution >= 0.6 is 0 Å². The number of ether oxygens (including phenoxy) is 2. The van der Waals surface area contributed by atoms with E-state index in [1.807, 2.05) is 0 Å². The van der Waals surface area contributed by atoms with Crippen LogP contribution in [-0.4, -0.2) is 31.8 Å². The number of nitro groups is 3. The number of nitrogens with one attached hydrogen (secondary N) is 2. The molecule has 15 heteroatoms. The minimum atomic E-state index is -1.18. The first-order valence-corrected chi connectivity index (χ1v) is 9.08. The van der Waals surface area contributed by atoms with Crippen LogP contribution in [0.3, 0.4) is 0 Å². The van der Waals surface area contributed by atoms with Crippen LogP contribution in [0.1, 0.15) is 11.3 Å². The Labute approximate surface area is 187 Å². The van der Waals surface area contributed by atoms with Gasteiger partial charge in [0.2, 0.25) is 5.75 Å². The number of nitro benzene ring substituents is 2. The van der Waals surface area contributed by atoms with Gasteiger partial charge in [-0.3, -0.25) is 40.1 Å². The molecule has 1 heterocycles. The van der Waals surface area contributed by atoms with E-state index in [9.17, 15) is 39.9 Å². The third kappa shape index (κ3) is 4.93. The maximum Gasteiger partial charge on any atom is 0.357 e. The third-order valence-corrected chi connectivity index (χ3v) is 4.33. The van der Waals surface area contributed by atoms with Crippen molar-refractivity contribution < 1.29 is 24.2 Å². The minimum Gasteiger partial charge on any atom is -0.493 e. The largest absolute Gasteiger partial charge is 0.493 e. The number of rotatable bonds is 8. The Balaban J connectivity index is 2.03. The molecule has 3 rings (SSSR count). The number of methoxy groups -OCH3 is 1. The summed E-state index contributed by atoms with van der Waals surface area (Å²) in [6.45, 7) is 0. The summed E-state index contributed by atoms with van der Waals surface area (Å²) in [6.07, 6.45) is 2.43. The van der Waals surface area contributed by atoms with Crippen molar-refractivity contribution in [2.45, 2.75) is 0 Å².